The summed E-state index contributed by atoms with van der Waals surface area (Å²) in [6.45, 7) is 4.68. The number of nitrogens with zero attached hydrogens (tertiary/aromatic N) is 2. The van der Waals surface area contributed by atoms with E-state index < -0.39 is 0 Å². The van der Waals surface area contributed by atoms with Crippen LogP contribution in [0.5, 0.6) is 0 Å². The largest absolute Gasteiger partial charge is 0.369 e. The lowest BCUT2D eigenvalue weighted by atomic mass is 10.1. The van der Waals surface area contributed by atoms with Crippen LogP contribution in [0.2, 0.25) is 0 Å². The van der Waals surface area contributed by atoms with Gasteiger partial charge in [-0.05, 0) is 36.4 Å². The molecule has 5 heteroatoms. The minimum absolute atomic E-state index is 0.0616. The summed E-state index contributed by atoms with van der Waals surface area (Å²) in [6.07, 6.45) is 0.0616. The second-order valence-corrected chi connectivity index (χ2v) is 6.50. The molecule has 1 aliphatic rings. The molecule has 25 heavy (non-hydrogen) atoms. The molecule has 0 aliphatic carbocycles. The fourth-order valence-corrected chi connectivity index (χ4v) is 2.97. The number of piperazine rings is 1. The van der Waals surface area contributed by atoms with Gasteiger partial charge < -0.3 is 15.1 Å². The van der Waals surface area contributed by atoms with E-state index in [9.17, 15) is 9.18 Å². The first-order chi connectivity index (χ1) is 12.1. The van der Waals surface area contributed by atoms with Crippen LogP contribution in [0.3, 0.4) is 0 Å². The Morgan fingerprint density at radius 2 is 1.72 bits per heavy atom. The van der Waals surface area contributed by atoms with Crippen LogP contribution >= 0.6 is 0 Å². The Balaban J connectivity index is 1.50. The quantitative estimate of drug-likeness (QED) is 0.907. The van der Waals surface area contributed by atoms with Gasteiger partial charge in [0, 0.05) is 38.4 Å². The average molecular weight is 341 g/mol. The minimum atomic E-state index is -0.339. The Bertz CT molecular complexity index is 709. The van der Waals surface area contributed by atoms with Crippen LogP contribution in [0, 0.1) is 5.82 Å². The molecule has 3 rings (SSSR count). The van der Waals surface area contributed by atoms with Crippen LogP contribution in [-0.4, -0.2) is 44.0 Å². The maximum atomic E-state index is 13.6. The Morgan fingerprint density at radius 3 is 2.40 bits per heavy atom. The molecule has 2 aromatic rings. The monoisotopic (exact) mass is 341 g/mol. The number of amides is 1. The summed E-state index contributed by atoms with van der Waals surface area (Å²) in [7, 11) is 2.14. The normalized spacial score (nSPS) is 15.2. The van der Waals surface area contributed by atoms with Gasteiger partial charge in [0.05, 0.1) is 6.42 Å². The molecule has 0 atom stereocenters. The third kappa shape index (κ3) is 4.79. The van der Waals surface area contributed by atoms with Gasteiger partial charge in [-0.1, -0.05) is 30.3 Å². The fourth-order valence-electron chi connectivity index (χ4n) is 2.97. The van der Waals surface area contributed by atoms with E-state index in [1.54, 1.807) is 18.2 Å². The van der Waals surface area contributed by atoms with Crippen molar-refractivity contribution in [1.82, 2.24) is 10.2 Å². The lowest BCUT2D eigenvalue weighted by molar-refractivity contribution is -0.120. The number of carbonyl (C=O) groups excluding carboxylic acids is 1. The third-order valence-corrected chi connectivity index (χ3v) is 4.60. The molecule has 2 aromatic carbocycles. The first-order valence-corrected chi connectivity index (χ1v) is 8.64. The van der Waals surface area contributed by atoms with Crippen LogP contribution in [0.1, 0.15) is 11.1 Å². The third-order valence-electron chi connectivity index (χ3n) is 4.60. The second kappa shape index (κ2) is 8.12. The van der Waals surface area contributed by atoms with Gasteiger partial charge >= 0.3 is 0 Å². The van der Waals surface area contributed by atoms with Crippen LogP contribution in [0.4, 0.5) is 10.1 Å². The lowest BCUT2D eigenvalue weighted by Gasteiger charge is -2.34. The number of nitrogens with one attached hydrogen (secondary N) is 1. The predicted molar refractivity (Wildman–Crippen MR) is 98.1 cm³/mol. The van der Waals surface area contributed by atoms with Crippen molar-refractivity contribution in [3.8, 4) is 0 Å². The smallest absolute Gasteiger partial charge is 0.224 e. The van der Waals surface area contributed by atoms with Crippen LogP contribution < -0.4 is 10.2 Å². The average Bonchev–Trinajstić information content (AvgIpc) is 2.63. The van der Waals surface area contributed by atoms with Gasteiger partial charge in [0.2, 0.25) is 5.91 Å². The number of hydrogen-bond donors (Lipinski definition) is 1. The van der Waals surface area contributed by atoms with Gasteiger partial charge in [0.1, 0.15) is 5.82 Å². The van der Waals surface area contributed by atoms with E-state index in [1.807, 2.05) is 12.1 Å². The first kappa shape index (κ1) is 17.4. The van der Waals surface area contributed by atoms with Gasteiger partial charge in [0.15, 0.2) is 0 Å². The number of benzene rings is 2. The van der Waals surface area contributed by atoms with Crippen molar-refractivity contribution in [1.29, 1.82) is 0 Å². The molecular formula is C20H24FN3O. The van der Waals surface area contributed by atoms with Crippen molar-refractivity contribution in [3.63, 3.8) is 0 Å². The molecule has 1 saturated heterocycles. The molecule has 1 N–H and O–H groups in total. The minimum Gasteiger partial charge on any atom is -0.369 e. The molecule has 0 unspecified atom stereocenters. The molecule has 0 radical (unpaired) electrons. The molecule has 1 aliphatic heterocycles. The highest BCUT2D eigenvalue weighted by Gasteiger charge is 2.14. The van der Waals surface area contributed by atoms with Crippen LogP contribution in [0.25, 0.3) is 0 Å². The van der Waals surface area contributed by atoms with E-state index in [4.69, 9.17) is 0 Å². The second-order valence-electron chi connectivity index (χ2n) is 6.50. The van der Waals surface area contributed by atoms with Gasteiger partial charge in [-0.3, -0.25) is 4.79 Å². The maximum absolute atomic E-state index is 13.6. The molecule has 0 bridgehead atoms. The molecule has 0 aromatic heterocycles. The molecule has 0 spiro atoms. The predicted octanol–water partition coefficient (Wildman–Crippen LogP) is 2.44. The van der Waals surface area contributed by atoms with Crippen LogP contribution in [-0.2, 0) is 17.8 Å². The zero-order valence-corrected chi connectivity index (χ0v) is 14.5. The summed E-state index contributed by atoms with van der Waals surface area (Å²) in [6, 6.07) is 14.7. The Kier molecular flexibility index (Phi) is 5.66. The van der Waals surface area contributed by atoms with Crippen molar-refractivity contribution >= 4 is 11.6 Å². The molecule has 1 fully saturated rings. The first-order valence-electron chi connectivity index (χ1n) is 8.64. The molecular weight excluding hydrogens is 317 g/mol. The Labute approximate surface area is 148 Å². The van der Waals surface area contributed by atoms with E-state index in [1.165, 1.54) is 11.8 Å². The zero-order chi connectivity index (χ0) is 17.6. The van der Waals surface area contributed by atoms with Crippen molar-refractivity contribution in [2.75, 3.05) is 38.1 Å². The highest BCUT2D eigenvalue weighted by molar-refractivity contribution is 5.78. The van der Waals surface area contributed by atoms with Crippen molar-refractivity contribution < 1.29 is 9.18 Å². The van der Waals surface area contributed by atoms with Gasteiger partial charge in [-0.25, -0.2) is 4.39 Å². The maximum Gasteiger partial charge on any atom is 0.224 e. The molecule has 1 heterocycles. The summed E-state index contributed by atoms with van der Waals surface area (Å²) in [5.74, 6) is -0.512. The van der Waals surface area contributed by atoms with Gasteiger partial charge in [0.25, 0.3) is 0 Å². The fraction of sp³-hybridized carbons (Fsp3) is 0.350. The van der Waals surface area contributed by atoms with Crippen molar-refractivity contribution in [2.24, 2.45) is 0 Å². The SMILES string of the molecule is CN1CCN(c2ccc(CNC(=O)Cc3ccccc3F)cc2)CC1. The van der Waals surface area contributed by atoms with Gasteiger partial charge in [-0.2, -0.15) is 0 Å². The number of likely N-dealkylation sites (N-methyl/N-ethyl adjacent to an activating group) is 1. The van der Waals surface area contributed by atoms with Crippen LogP contribution in [0.15, 0.2) is 48.5 Å². The lowest BCUT2D eigenvalue weighted by Crippen LogP contribution is -2.44. The Morgan fingerprint density at radius 1 is 1.04 bits per heavy atom. The Hall–Kier alpha value is -2.40. The summed E-state index contributed by atoms with van der Waals surface area (Å²) in [5, 5.41) is 2.85. The van der Waals surface area contributed by atoms with E-state index >= 15 is 0 Å². The van der Waals surface area contributed by atoms with E-state index in [-0.39, 0.29) is 18.1 Å². The topological polar surface area (TPSA) is 35.6 Å². The molecule has 132 valence electrons. The standard InChI is InChI=1S/C20H24FN3O/c1-23-10-12-24(13-11-23)18-8-6-16(7-9-18)15-22-20(25)14-17-4-2-3-5-19(17)21/h2-9H,10-15H2,1H3,(H,22,25). The van der Waals surface area contributed by atoms with Crippen molar-refractivity contribution in [2.45, 2.75) is 13.0 Å². The molecule has 0 saturated carbocycles. The van der Waals surface area contributed by atoms with E-state index in [0.717, 1.165) is 31.7 Å². The zero-order valence-electron chi connectivity index (χ0n) is 14.5. The summed E-state index contributed by atoms with van der Waals surface area (Å²) in [5.41, 5.74) is 2.68. The van der Waals surface area contributed by atoms with E-state index in [2.05, 4.69) is 34.3 Å². The summed E-state index contributed by atoms with van der Waals surface area (Å²) in [4.78, 5) is 16.7. The summed E-state index contributed by atoms with van der Waals surface area (Å²) >= 11 is 0. The highest BCUT2D eigenvalue weighted by atomic mass is 19.1. The van der Waals surface area contributed by atoms with E-state index in [0.29, 0.717) is 12.1 Å². The summed E-state index contributed by atoms with van der Waals surface area (Å²) < 4.78 is 13.6. The molecule has 1 amide bonds. The molecule has 4 nitrogen and oxygen atoms in total. The number of anilines is 1. The number of halogens is 1. The van der Waals surface area contributed by atoms with Crippen molar-refractivity contribution in [3.05, 3.63) is 65.5 Å². The highest BCUT2D eigenvalue weighted by Crippen LogP contribution is 2.17. The number of carbonyl (C=O) groups is 1. The number of hydrogen-bond acceptors (Lipinski definition) is 3. The van der Waals surface area contributed by atoms with Gasteiger partial charge in [-0.15, -0.1) is 0 Å². The number of rotatable bonds is 5.